The maximum Gasteiger partial charge on any atom is 0.389 e. The van der Waals surface area contributed by atoms with Gasteiger partial charge in [-0.2, -0.15) is 13.2 Å². The summed E-state index contributed by atoms with van der Waals surface area (Å²) in [5.41, 5.74) is 4.80. The average Bonchev–Trinajstić information content (AvgIpc) is 2.40. The van der Waals surface area contributed by atoms with Gasteiger partial charge in [0, 0.05) is 12.3 Å². The molecule has 2 unspecified atom stereocenters. The first-order valence-electron chi connectivity index (χ1n) is 3.26. The van der Waals surface area contributed by atoms with Crippen LogP contribution in [0.3, 0.4) is 0 Å². The molecule has 0 bridgehead atoms. The maximum absolute atomic E-state index is 11.6. The molecule has 1 aliphatic carbocycles. The summed E-state index contributed by atoms with van der Waals surface area (Å²) in [5, 5.41) is 0. The van der Waals surface area contributed by atoms with Gasteiger partial charge in [0.15, 0.2) is 0 Å². The Labute approximate surface area is 61.6 Å². The number of carbonyl (C=O) groups excluding carboxylic acids is 1. The van der Waals surface area contributed by atoms with Crippen LogP contribution >= 0.6 is 0 Å². The maximum atomic E-state index is 11.6. The van der Waals surface area contributed by atoms with Gasteiger partial charge in [-0.3, -0.25) is 4.79 Å². The molecular formula is C6H8F3NO. The highest BCUT2D eigenvalue weighted by Gasteiger charge is 2.47. The number of amides is 1. The number of hydrogen-bond donors (Lipinski definition) is 1. The first kappa shape index (κ1) is 8.36. The van der Waals surface area contributed by atoms with Crippen molar-refractivity contribution in [1.29, 1.82) is 0 Å². The monoisotopic (exact) mass is 167 g/mol. The number of halogens is 3. The molecule has 0 saturated heterocycles. The zero-order valence-corrected chi connectivity index (χ0v) is 5.69. The molecule has 0 aliphatic heterocycles. The molecular weight excluding hydrogens is 159 g/mol. The van der Waals surface area contributed by atoms with Gasteiger partial charge in [0.05, 0.1) is 0 Å². The van der Waals surface area contributed by atoms with E-state index in [1.165, 1.54) is 0 Å². The molecule has 1 fully saturated rings. The van der Waals surface area contributed by atoms with E-state index in [2.05, 4.69) is 0 Å². The van der Waals surface area contributed by atoms with Gasteiger partial charge >= 0.3 is 6.18 Å². The van der Waals surface area contributed by atoms with Crippen LogP contribution < -0.4 is 5.73 Å². The largest absolute Gasteiger partial charge is 0.389 e. The second kappa shape index (κ2) is 2.39. The lowest BCUT2D eigenvalue weighted by molar-refractivity contribution is -0.139. The number of nitrogens with two attached hydrogens (primary N) is 1. The third-order valence-corrected chi connectivity index (χ3v) is 1.78. The molecule has 2 atom stereocenters. The highest BCUT2D eigenvalue weighted by molar-refractivity contribution is 5.79. The second-order valence-corrected chi connectivity index (χ2v) is 2.82. The van der Waals surface area contributed by atoms with Crippen molar-refractivity contribution in [1.82, 2.24) is 0 Å². The van der Waals surface area contributed by atoms with Gasteiger partial charge < -0.3 is 5.73 Å². The second-order valence-electron chi connectivity index (χ2n) is 2.82. The molecule has 64 valence electrons. The van der Waals surface area contributed by atoms with Crippen molar-refractivity contribution in [3.05, 3.63) is 0 Å². The van der Waals surface area contributed by atoms with Gasteiger partial charge in [-0.1, -0.05) is 0 Å². The van der Waals surface area contributed by atoms with Crippen molar-refractivity contribution in [2.24, 2.45) is 17.6 Å². The SMILES string of the molecule is NC(=O)C1CC1CC(F)(F)F. The zero-order valence-electron chi connectivity index (χ0n) is 5.69. The number of primary amides is 1. The fourth-order valence-corrected chi connectivity index (χ4v) is 1.12. The summed E-state index contributed by atoms with van der Waals surface area (Å²) >= 11 is 0. The molecule has 0 aromatic rings. The summed E-state index contributed by atoms with van der Waals surface area (Å²) in [6, 6.07) is 0. The minimum atomic E-state index is -4.16. The van der Waals surface area contributed by atoms with Gasteiger partial charge in [0.2, 0.25) is 5.91 Å². The Morgan fingerprint density at radius 3 is 2.36 bits per heavy atom. The fraction of sp³-hybridized carbons (Fsp3) is 0.833. The Bertz CT molecular complexity index is 177. The van der Waals surface area contributed by atoms with Crippen LogP contribution in [0.2, 0.25) is 0 Å². The van der Waals surface area contributed by atoms with Gasteiger partial charge in [-0.05, 0) is 12.3 Å². The smallest absolute Gasteiger partial charge is 0.369 e. The van der Waals surface area contributed by atoms with Crippen LogP contribution in [-0.2, 0) is 4.79 Å². The van der Waals surface area contributed by atoms with Crippen molar-refractivity contribution in [2.45, 2.75) is 19.0 Å². The lowest BCUT2D eigenvalue weighted by atomic mass is 10.2. The summed E-state index contributed by atoms with van der Waals surface area (Å²) in [6.45, 7) is 0. The van der Waals surface area contributed by atoms with E-state index in [0.29, 0.717) is 6.42 Å². The van der Waals surface area contributed by atoms with Crippen molar-refractivity contribution >= 4 is 5.91 Å². The minimum Gasteiger partial charge on any atom is -0.369 e. The first-order chi connectivity index (χ1) is 4.90. The van der Waals surface area contributed by atoms with Crippen molar-refractivity contribution in [2.75, 3.05) is 0 Å². The molecule has 2 N–H and O–H groups in total. The van der Waals surface area contributed by atoms with E-state index in [4.69, 9.17) is 5.73 Å². The average molecular weight is 167 g/mol. The summed E-state index contributed by atoms with van der Waals surface area (Å²) in [7, 11) is 0. The minimum absolute atomic E-state index is 0.300. The van der Waals surface area contributed by atoms with Crippen molar-refractivity contribution < 1.29 is 18.0 Å². The Balaban J connectivity index is 2.29. The molecule has 0 aromatic heterocycles. The molecule has 0 heterocycles. The molecule has 1 rings (SSSR count). The van der Waals surface area contributed by atoms with Gasteiger partial charge in [-0.15, -0.1) is 0 Å². The standard InChI is InChI=1S/C6H8F3NO/c7-6(8,9)2-3-1-4(3)5(10)11/h3-4H,1-2H2,(H2,10,11). The molecule has 1 saturated carbocycles. The van der Waals surface area contributed by atoms with E-state index >= 15 is 0 Å². The number of carbonyl (C=O) groups is 1. The molecule has 0 radical (unpaired) electrons. The van der Waals surface area contributed by atoms with Crippen molar-refractivity contribution in [3.63, 3.8) is 0 Å². The molecule has 11 heavy (non-hydrogen) atoms. The predicted molar refractivity (Wildman–Crippen MR) is 31.5 cm³/mol. The number of rotatable bonds is 2. The predicted octanol–water partition coefficient (Wildman–Crippen LogP) is 1.06. The van der Waals surface area contributed by atoms with E-state index in [9.17, 15) is 18.0 Å². The normalized spacial score (nSPS) is 30.1. The molecule has 5 heteroatoms. The third-order valence-electron chi connectivity index (χ3n) is 1.78. The van der Waals surface area contributed by atoms with Gasteiger partial charge in [-0.25, -0.2) is 0 Å². The van der Waals surface area contributed by atoms with Crippen LogP contribution in [0.4, 0.5) is 13.2 Å². The van der Waals surface area contributed by atoms with Crippen LogP contribution in [0.15, 0.2) is 0 Å². The van der Waals surface area contributed by atoms with E-state index in [0.717, 1.165) is 0 Å². The summed E-state index contributed by atoms with van der Waals surface area (Å²) < 4.78 is 34.9. The van der Waals surface area contributed by atoms with Gasteiger partial charge in [0.1, 0.15) is 0 Å². The first-order valence-corrected chi connectivity index (χ1v) is 3.26. The number of hydrogen-bond acceptors (Lipinski definition) is 1. The Kier molecular flexibility index (Phi) is 1.82. The fourth-order valence-electron chi connectivity index (χ4n) is 1.12. The molecule has 0 spiro atoms. The van der Waals surface area contributed by atoms with E-state index < -0.39 is 30.3 Å². The van der Waals surface area contributed by atoms with Crippen LogP contribution in [0.25, 0.3) is 0 Å². The summed E-state index contributed by atoms with van der Waals surface area (Å²) in [5.74, 6) is -1.69. The summed E-state index contributed by atoms with van der Waals surface area (Å²) in [4.78, 5) is 10.3. The highest BCUT2D eigenvalue weighted by Crippen LogP contribution is 2.45. The Morgan fingerprint density at radius 2 is 2.09 bits per heavy atom. The molecule has 2 nitrogen and oxygen atoms in total. The van der Waals surface area contributed by atoms with Crippen LogP contribution in [0, 0.1) is 11.8 Å². The van der Waals surface area contributed by atoms with E-state index in [1.807, 2.05) is 0 Å². The van der Waals surface area contributed by atoms with Gasteiger partial charge in [0.25, 0.3) is 0 Å². The Hall–Kier alpha value is -0.740. The molecule has 0 aromatic carbocycles. The van der Waals surface area contributed by atoms with E-state index in [1.54, 1.807) is 0 Å². The highest BCUT2D eigenvalue weighted by atomic mass is 19.4. The van der Waals surface area contributed by atoms with Crippen LogP contribution in [0.5, 0.6) is 0 Å². The van der Waals surface area contributed by atoms with E-state index in [-0.39, 0.29) is 0 Å². The quantitative estimate of drug-likeness (QED) is 0.656. The van der Waals surface area contributed by atoms with Crippen LogP contribution in [0.1, 0.15) is 12.8 Å². The summed E-state index contributed by atoms with van der Waals surface area (Å²) in [6.07, 6.45) is -4.73. The molecule has 1 aliphatic rings. The van der Waals surface area contributed by atoms with Crippen LogP contribution in [-0.4, -0.2) is 12.1 Å². The third kappa shape index (κ3) is 2.40. The lowest BCUT2D eigenvalue weighted by Crippen LogP contribution is -2.16. The Morgan fingerprint density at radius 1 is 1.55 bits per heavy atom. The lowest BCUT2D eigenvalue weighted by Gasteiger charge is -2.03. The zero-order chi connectivity index (χ0) is 8.65. The topological polar surface area (TPSA) is 43.1 Å². The number of alkyl halides is 3. The van der Waals surface area contributed by atoms with Crippen molar-refractivity contribution in [3.8, 4) is 0 Å². The molecule has 1 amide bonds.